The number of carbonyl (C=O) groups is 1. The van der Waals surface area contributed by atoms with Crippen molar-refractivity contribution in [1.29, 1.82) is 0 Å². The fraction of sp³-hybridized carbons (Fsp3) is 0.118. The Balaban J connectivity index is 2.14. The Hall–Kier alpha value is -2.20. The summed E-state index contributed by atoms with van der Waals surface area (Å²) in [6, 6.07) is 12.4. The molecule has 0 radical (unpaired) electrons. The van der Waals surface area contributed by atoms with E-state index in [0.29, 0.717) is 11.3 Å². The Morgan fingerprint density at radius 1 is 1.19 bits per heavy atom. The second-order valence-corrected chi connectivity index (χ2v) is 5.24. The monoisotopic (exact) mass is 300 g/mol. The van der Waals surface area contributed by atoms with Crippen molar-refractivity contribution in [2.45, 2.75) is 4.90 Å². The SMILES string of the molecule is COc1cc(/C=C/C(=O)c2ccc(SC)cc2)ccc1O. The van der Waals surface area contributed by atoms with E-state index < -0.39 is 0 Å². The van der Waals surface area contributed by atoms with E-state index in [1.165, 1.54) is 19.3 Å². The van der Waals surface area contributed by atoms with Gasteiger partial charge in [0.1, 0.15) is 0 Å². The van der Waals surface area contributed by atoms with Gasteiger partial charge in [-0.2, -0.15) is 0 Å². The number of methoxy groups -OCH3 is 1. The van der Waals surface area contributed by atoms with Gasteiger partial charge in [0, 0.05) is 10.5 Å². The van der Waals surface area contributed by atoms with Crippen LogP contribution in [0.5, 0.6) is 11.5 Å². The zero-order valence-corrected chi connectivity index (χ0v) is 12.7. The summed E-state index contributed by atoms with van der Waals surface area (Å²) in [6.45, 7) is 0. The lowest BCUT2D eigenvalue weighted by Gasteiger charge is -2.03. The molecule has 0 saturated carbocycles. The Bertz CT molecular complexity index is 660. The number of ether oxygens (including phenoxy) is 1. The van der Waals surface area contributed by atoms with Crippen molar-refractivity contribution in [2.24, 2.45) is 0 Å². The molecule has 0 aliphatic heterocycles. The van der Waals surface area contributed by atoms with Gasteiger partial charge in [0.15, 0.2) is 17.3 Å². The standard InChI is InChI=1S/C17H16O3S/c1-20-17-11-12(4-10-16(17)19)3-9-15(18)13-5-7-14(21-2)8-6-13/h3-11,19H,1-2H3/b9-3+. The summed E-state index contributed by atoms with van der Waals surface area (Å²) in [5.74, 6) is 0.400. The maximum Gasteiger partial charge on any atom is 0.185 e. The lowest BCUT2D eigenvalue weighted by atomic mass is 10.1. The normalized spacial score (nSPS) is 10.8. The van der Waals surface area contributed by atoms with Crippen molar-refractivity contribution in [3.8, 4) is 11.5 Å². The highest BCUT2D eigenvalue weighted by molar-refractivity contribution is 7.98. The molecule has 0 aliphatic rings. The summed E-state index contributed by atoms with van der Waals surface area (Å²) in [5.41, 5.74) is 1.44. The van der Waals surface area contributed by atoms with Crippen LogP contribution in [-0.2, 0) is 0 Å². The third-order valence-electron chi connectivity index (χ3n) is 3.01. The van der Waals surface area contributed by atoms with E-state index in [2.05, 4.69) is 0 Å². The van der Waals surface area contributed by atoms with E-state index in [1.807, 2.05) is 30.5 Å². The maximum absolute atomic E-state index is 12.1. The van der Waals surface area contributed by atoms with E-state index >= 15 is 0 Å². The predicted octanol–water partition coefficient (Wildman–Crippen LogP) is 4.02. The van der Waals surface area contributed by atoms with E-state index in [9.17, 15) is 9.90 Å². The molecule has 2 rings (SSSR count). The van der Waals surface area contributed by atoms with Gasteiger partial charge < -0.3 is 9.84 Å². The molecule has 0 aliphatic carbocycles. The van der Waals surface area contributed by atoms with Gasteiger partial charge in [-0.3, -0.25) is 4.79 Å². The molecule has 0 unspecified atom stereocenters. The van der Waals surface area contributed by atoms with Gasteiger partial charge in [-0.1, -0.05) is 12.1 Å². The van der Waals surface area contributed by atoms with Crippen LogP contribution in [0.25, 0.3) is 6.08 Å². The maximum atomic E-state index is 12.1. The number of hydrogen-bond acceptors (Lipinski definition) is 4. The summed E-state index contributed by atoms with van der Waals surface area (Å²) < 4.78 is 5.03. The fourth-order valence-electron chi connectivity index (χ4n) is 1.82. The molecule has 108 valence electrons. The molecule has 3 nitrogen and oxygen atoms in total. The molecule has 0 bridgehead atoms. The van der Waals surface area contributed by atoms with Crippen molar-refractivity contribution >= 4 is 23.6 Å². The first-order chi connectivity index (χ1) is 10.1. The predicted molar refractivity (Wildman–Crippen MR) is 86.2 cm³/mol. The van der Waals surface area contributed by atoms with Crippen molar-refractivity contribution in [3.63, 3.8) is 0 Å². The molecule has 0 saturated heterocycles. The van der Waals surface area contributed by atoms with Crippen LogP contribution in [0.15, 0.2) is 53.4 Å². The van der Waals surface area contributed by atoms with Gasteiger partial charge in [-0.05, 0) is 54.3 Å². The second kappa shape index (κ2) is 6.99. The number of ketones is 1. The van der Waals surface area contributed by atoms with E-state index in [1.54, 1.807) is 30.0 Å². The van der Waals surface area contributed by atoms with Crippen LogP contribution in [0.4, 0.5) is 0 Å². The van der Waals surface area contributed by atoms with Crippen LogP contribution in [0.2, 0.25) is 0 Å². The van der Waals surface area contributed by atoms with Crippen LogP contribution >= 0.6 is 11.8 Å². The highest BCUT2D eigenvalue weighted by atomic mass is 32.2. The number of benzene rings is 2. The highest BCUT2D eigenvalue weighted by Crippen LogP contribution is 2.26. The molecule has 0 fully saturated rings. The Morgan fingerprint density at radius 3 is 2.52 bits per heavy atom. The number of rotatable bonds is 5. The van der Waals surface area contributed by atoms with Crippen LogP contribution in [0.1, 0.15) is 15.9 Å². The number of phenolic OH excluding ortho intramolecular Hbond substituents is 1. The Morgan fingerprint density at radius 2 is 1.90 bits per heavy atom. The van der Waals surface area contributed by atoms with E-state index in [-0.39, 0.29) is 11.5 Å². The molecule has 0 aromatic heterocycles. The lowest BCUT2D eigenvalue weighted by Crippen LogP contribution is -1.93. The molecule has 1 N–H and O–H groups in total. The molecule has 0 atom stereocenters. The molecule has 4 heteroatoms. The van der Waals surface area contributed by atoms with Crippen LogP contribution in [0, 0.1) is 0 Å². The van der Waals surface area contributed by atoms with Gasteiger partial charge >= 0.3 is 0 Å². The van der Waals surface area contributed by atoms with Crippen molar-refractivity contribution in [1.82, 2.24) is 0 Å². The molecule has 0 spiro atoms. The number of carbonyl (C=O) groups excluding carboxylic acids is 1. The average Bonchev–Trinajstić information content (AvgIpc) is 2.53. The van der Waals surface area contributed by atoms with Gasteiger partial charge in [-0.15, -0.1) is 11.8 Å². The first-order valence-electron chi connectivity index (χ1n) is 6.37. The topological polar surface area (TPSA) is 46.5 Å². The van der Waals surface area contributed by atoms with Gasteiger partial charge in [0.05, 0.1) is 7.11 Å². The lowest BCUT2D eigenvalue weighted by molar-refractivity contribution is 0.104. The van der Waals surface area contributed by atoms with Gasteiger partial charge in [0.25, 0.3) is 0 Å². The van der Waals surface area contributed by atoms with Crippen LogP contribution in [0.3, 0.4) is 0 Å². The van der Waals surface area contributed by atoms with Crippen LogP contribution in [-0.4, -0.2) is 24.3 Å². The third-order valence-corrected chi connectivity index (χ3v) is 3.75. The second-order valence-electron chi connectivity index (χ2n) is 4.36. The summed E-state index contributed by atoms with van der Waals surface area (Å²) in [6.07, 6.45) is 5.21. The summed E-state index contributed by atoms with van der Waals surface area (Å²) in [4.78, 5) is 13.2. The molecular formula is C17H16O3S. The summed E-state index contributed by atoms with van der Waals surface area (Å²) in [7, 11) is 1.49. The van der Waals surface area contributed by atoms with Gasteiger partial charge in [0.2, 0.25) is 0 Å². The summed E-state index contributed by atoms with van der Waals surface area (Å²) in [5, 5.41) is 9.52. The largest absolute Gasteiger partial charge is 0.504 e. The molecular weight excluding hydrogens is 284 g/mol. The minimum absolute atomic E-state index is 0.0605. The number of allylic oxidation sites excluding steroid dienone is 1. The van der Waals surface area contributed by atoms with Crippen molar-refractivity contribution in [3.05, 3.63) is 59.7 Å². The van der Waals surface area contributed by atoms with E-state index in [4.69, 9.17) is 4.74 Å². The molecule has 21 heavy (non-hydrogen) atoms. The number of aromatic hydroxyl groups is 1. The molecule has 0 heterocycles. The zero-order chi connectivity index (χ0) is 15.2. The minimum atomic E-state index is -0.0605. The highest BCUT2D eigenvalue weighted by Gasteiger charge is 2.03. The first kappa shape index (κ1) is 15.2. The van der Waals surface area contributed by atoms with Crippen molar-refractivity contribution < 1.29 is 14.6 Å². The molecule has 0 amide bonds. The number of thioether (sulfide) groups is 1. The quantitative estimate of drug-likeness (QED) is 0.515. The van der Waals surface area contributed by atoms with Crippen LogP contribution < -0.4 is 4.74 Å². The Kier molecular flexibility index (Phi) is 5.06. The third kappa shape index (κ3) is 3.89. The summed E-state index contributed by atoms with van der Waals surface area (Å²) >= 11 is 1.64. The minimum Gasteiger partial charge on any atom is -0.504 e. The zero-order valence-electron chi connectivity index (χ0n) is 11.9. The number of hydrogen-bond donors (Lipinski definition) is 1. The Labute approximate surface area is 128 Å². The first-order valence-corrected chi connectivity index (χ1v) is 7.60. The fourth-order valence-corrected chi connectivity index (χ4v) is 2.23. The van der Waals surface area contributed by atoms with Gasteiger partial charge in [-0.25, -0.2) is 0 Å². The number of phenols is 1. The van der Waals surface area contributed by atoms with Crippen molar-refractivity contribution in [2.75, 3.05) is 13.4 Å². The molecule has 2 aromatic carbocycles. The average molecular weight is 300 g/mol. The molecule has 2 aromatic rings. The van der Waals surface area contributed by atoms with E-state index in [0.717, 1.165) is 10.5 Å². The smallest absolute Gasteiger partial charge is 0.185 e.